The lowest BCUT2D eigenvalue weighted by Gasteiger charge is -2.13. The summed E-state index contributed by atoms with van der Waals surface area (Å²) in [5.74, 6) is -0.224. The molecule has 0 saturated carbocycles. The van der Waals surface area contributed by atoms with Crippen LogP contribution in [0.2, 0.25) is 0 Å². The van der Waals surface area contributed by atoms with E-state index in [0.29, 0.717) is 11.3 Å². The molecule has 0 bridgehead atoms. The van der Waals surface area contributed by atoms with Gasteiger partial charge >= 0.3 is 0 Å². The third-order valence-corrected chi connectivity index (χ3v) is 5.80. The Balaban J connectivity index is 1.76. The van der Waals surface area contributed by atoms with Gasteiger partial charge in [-0.2, -0.15) is 0 Å². The summed E-state index contributed by atoms with van der Waals surface area (Å²) >= 11 is 0. The van der Waals surface area contributed by atoms with Crippen molar-refractivity contribution in [3.8, 4) is 0 Å². The first-order valence-electron chi connectivity index (χ1n) is 8.59. The Labute approximate surface area is 158 Å². The number of carbonyl (C=O) groups is 1. The van der Waals surface area contributed by atoms with Crippen LogP contribution in [-0.2, 0) is 21.2 Å². The number of anilines is 1. The van der Waals surface area contributed by atoms with E-state index in [1.54, 1.807) is 39.2 Å². The predicted octanol–water partition coefficient (Wildman–Crippen LogP) is 2.74. The maximum Gasteiger partial charge on any atom is 0.241 e. The Morgan fingerprint density at radius 3 is 2.70 bits per heavy atom. The van der Waals surface area contributed by atoms with Gasteiger partial charge in [-0.1, -0.05) is 12.1 Å². The highest BCUT2D eigenvalue weighted by Gasteiger charge is 2.19. The second-order valence-electron chi connectivity index (χ2n) is 6.74. The van der Waals surface area contributed by atoms with Crippen molar-refractivity contribution >= 4 is 32.7 Å². The minimum atomic E-state index is -3.64. The molecule has 0 radical (unpaired) electrons. The Morgan fingerprint density at radius 1 is 1.19 bits per heavy atom. The number of aryl methyl sites for hydroxylation is 1. The number of aromatic amines is 1. The zero-order valence-electron chi connectivity index (χ0n) is 15.4. The van der Waals surface area contributed by atoms with Crippen LogP contribution >= 0.6 is 0 Å². The lowest BCUT2D eigenvalue weighted by atomic mass is 10.1. The van der Waals surface area contributed by atoms with Gasteiger partial charge in [0.25, 0.3) is 0 Å². The highest BCUT2D eigenvalue weighted by atomic mass is 32.2. The predicted molar refractivity (Wildman–Crippen MR) is 105 cm³/mol. The molecule has 0 saturated heterocycles. The number of hydrogen-bond donors (Lipinski definition) is 3. The molecule has 0 atom stereocenters. The SMILES string of the molecule is Cc1ccc(NC(=O)Cc2ccc3nc[nH]c3c2)cc1S(=O)(=O)NC(C)C. The van der Waals surface area contributed by atoms with Crippen LogP contribution in [0.5, 0.6) is 0 Å². The number of rotatable bonds is 6. The Morgan fingerprint density at radius 2 is 1.96 bits per heavy atom. The van der Waals surface area contributed by atoms with Gasteiger partial charge in [-0.15, -0.1) is 0 Å². The van der Waals surface area contributed by atoms with Gasteiger partial charge in [-0.25, -0.2) is 18.1 Å². The molecule has 1 aromatic heterocycles. The first-order valence-corrected chi connectivity index (χ1v) is 10.1. The molecule has 0 aliphatic rings. The van der Waals surface area contributed by atoms with Crippen molar-refractivity contribution in [2.45, 2.75) is 38.1 Å². The van der Waals surface area contributed by atoms with Gasteiger partial charge in [-0.05, 0) is 56.2 Å². The third kappa shape index (κ3) is 4.53. The molecular formula is C19H22N4O3S. The van der Waals surface area contributed by atoms with Gasteiger partial charge in [0.2, 0.25) is 15.9 Å². The van der Waals surface area contributed by atoms with Gasteiger partial charge < -0.3 is 10.3 Å². The van der Waals surface area contributed by atoms with Crippen molar-refractivity contribution in [1.29, 1.82) is 0 Å². The molecule has 8 heteroatoms. The lowest BCUT2D eigenvalue weighted by Crippen LogP contribution is -2.30. The van der Waals surface area contributed by atoms with E-state index in [9.17, 15) is 13.2 Å². The van der Waals surface area contributed by atoms with Crippen LogP contribution in [0.4, 0.5) is 5.69 Å². The van der Waals surface area contributed by atoms with Crippen LogP contribution in [0.1, 0.15) is 25.0 Å². The Bertz CT molecular complexity index is 1090. The minimum Gasteiger partial charge on any atom is -0.345 e. The topological polar surface area (TPSA) is 104 Å². The fourth-order valence-electron chi connectivity index (χ4n) is 2.82. The summed E-state index contributed by atoms with van der Waals surface area (Å²) in [5.41, 5.74) is 3.60. The van der Waals surface area contributed by atoms with E-state index in [-0.39, 0.29) is 23.3 Å². The monoisotopic (exact) mass is 386 g/mol. The van der Waals surface area contributed by atoms with E-state index < -0.39 is 10.0 Å². The van der Waals surface area contributed by atoms with Crippen molar-refractivity contribution in [2.24, 2.45) is 0 Å². The van der Waals surface area contributed by atoms with Crippen LogP contribution in [0, 0.1) is 6.92 Å². The molecule has 1 amide bonds. The molecule has 0 fully saturated rings. The van der Waals surface area contributed by atoms with E-state index in [1.165, 1.54) is 6.07 Å². The largest absolute Gasteiger partial charge is 0.345 e. The molecule has 142 valence electrons. The van der Waals surface area contributed by atoms with Gasteiger partial charge in [0, 0.05) is 11.7 Å². The summed E-state index contributed by atoms with van der Waals surface area (Å²) < 4.78 is 27.5. The van der Waals surface area contributed by atoms with Gasteiger partial charge in [0.05, 0.1) is 28.7 Å². The number of carbonyl (C=O) groups excluding carboxylic acids is 1. The average Bonchev–Trinajstić information content (AvgIpc) is 3.03. The first kappa shape index (κ1) is 19.1. The second-order valence-corrected chi connectivity index (χ2v) is 8.42. The molecule has 2 aromatic carbocycles. The van der Waals surface area contributed by atoms with Gasteiger partial charge in [0.15, 0.2) is 0 Å². The number of aromatic nitrogens is 2. The third-order valence-electron chi connectivity index (χ3n) is 4.00. The van der Waals surface area contributed by atoms with Crippen molar-refractivity contribution in [3.63, 3.8) is 0 Å². The summed E-state index contributed by atoms with van der Waals surface area (Å²) in [6, 6.07) is 10.2. The maximum absolute atomic E-state index is 12.5. The molecule has 0 aliphatic carbocycles. The zero-order valence-corrected chi connectivity index (χ0v) is 16.2. The summed E-state index contributed by atoms with van der Waals surface area (Å²) in [5, 5.41) is 2.77. The number of nitrogens with one attached hydrogen (secondary N) is 3. The maximum atomic E-state index is 12.5. The number of H-pyrrole nitrogens is 1. The number of hydrogen-bond acceptors (Lipinski definition) is 4. The van der Waals surface area contributed by atoms with E-state index >= 15 is 0 Å². The van der Waals surface area contributed by atoms with Crippen LogP contribution in [0.3, 0.4) is 0 Å². The number of imidazole rings is 1. The Kier molecular flexibility index (Phi) is 5.29. The summed E-state index contributed by atoms with van der Waals surface area (Å²) in [4.78, 5) is 19.7. The van der Waals surface area contributed by atoms with E-state index in [4.69, 9.17) is 0 Å². The molecule has 3 aromatic rings. The highest BCUT2D eigenvalue weighted by molar-refractivity contribution is 7.89. The number of nitrogens with zero attached hydrogens (tertiary/aromatic N) is 1. The van der Waals surface area contributed by atoms with Crippen LogP contribution in [0.25, 0.3) is 11.0 Å². The molecule has 1 heterocycles. The Hall–Kier alpha value is -2.71. The number of fused-ring (bicyclic) bond motifs is 1. The molecular weight excluding hydrogens is 364 g/mol. The quantitative estimate of drug-likeness (QED) is 0.606. The van der Waals surface area contributed by atoms with Crippen molar-refractivity contribution in [2.75, 3.05) is 5.32 Å². The lowest BCUT2D eigenvalue weighted by molar-refractivity contribution is -0.115. The first-order chi connectivity index (χ1) is 12.7. The standard InChI is InChI=1S/C19H22N4O3S/c1-12(2)23-27(25,26)18-10-15(6-4-13(18)3)22-19(24)9-14-5-7-16-17(8-14)21-11-20-16/h4-8,10-12,23H,9H2,1-3H3,(H,20,21)(H,22,24). The van der Waals surface area contributed by atoms with E-state index in [2.05, 4.69) is 20.0 Å². The fraction of sp³-hybridized carbons (Fsp3) is 0.263. The van der Waals surface area contributed by atoms with Gasteiger partial charge in [0.1, 0.15) is 0 Å². The van der Waals surface area contributed by atoms with Crippen molar-refractivity contribution < 1.29 is 13.2 Å². The average molecular weight is 386 g/mol. The second kappa shape index (κ2) is 7.50. The normalized spacial score (nSPS) is 11.9. The molecule has 7 nitrogen and oxygen atoms in total. The zero-order chi connectivity index (χ0) is 19.6. The van der Waals surface area contributed by atoms with Crippen molar-refractivity contribution in [1.82, 2.24) is 14.7 Å². The molecule has 3 rings (SSSR count). The van der Waals surface area contributed by atoms with Crippen LogP contribution in [0.15, 0.2) is 47.6 Å². The molecule has 0 spiro atoms. The van der Waals surface area contributed by atoms with Crippen LogP contribution in [-0.4, -0.2) is 30.3 Å². The van der Waals surface area contributed by atoms with E-state index in [0.717, 1.165) is 16.6 Å². The van der Waals surface area contributed by atoms with Crippen LogP contribution < -0.4 is 10.0 Å². The minimum absolute atomic E-state index is 0.160. The molecule has 0 unspecified atom stereocenters. The number of benzene rings is 2. The smallest absolute Gasteiger partial charge is 0.241 e. The molecule has 0 aliphatic heterocycles. The number of sulfonamides is 1. The van der Waals surface area contributed by atoms with Crippen molar-refractivity contribution in [3.05, 3.63) is 53.9 Å². The summed E-state index contributed by atoms with van der Waals surface area (Å²) in [7, 11) is -3.64. The summed E-state index contributed by atoms with van der Waals surface area (Å²) in [6.07, 6.45) is 1.78. The molecule has 3 N–H and O–H groups in total. The number of amides is 1. The van der Waals surface area contributed by atoms with E-state index in [1.807, 2.05) is 18.2 Å². The fourth-order valence-corrected chi connectivity index (χ4v) is 4.35. The highest BCUT2D eigenvalue weighted by Crippen LogP contribution is 2.21. The molecule has 27 heavy (non-hydrogen) atoms. The summed E-state index contributed by atoms with van der Waals surface area (Å²) in [6.45, 7) is 5.24. The van der Waals surface area contributed by atoms with Gasteiger partial charge in [-0.3, -0.25) is 4.79 Å².